The zero-order valence-corrected chi connectivity index (χ0v) is 27.3. The number of aliphatic hydroxyl groups is 1. The molecule has 0 aromatic rings. The number of thioether (sulfide) groups is 1. The van der Waals surface area contributed by atoms with Crippen molar-refractivity contribution in [1.29, 1.82) is 0 Å². The number of carbonyl (C=O) groups excluding carboxylic acids is 7. The Bertz CT molecular complexity index is 1160. The molecule has 0 saturated carbocycles. The number of amides is 7. The minimum Gasteiger partial charge on any atom is -0.480 e. The number of aliphatic hydroxyl groups excluding tert-OH is 1. The van der Waals surface area contributed by atoms with E-state index in [1.54, 1.807) is 6.26 Å². The lowest BCUT2D eigenvalue weighted by atomic mass is 10.1. The van der Waals surface area contributed by atoms with Crippen molar-refractivity contribution in [3.05, 3.63) is 0 Å². The summed E-state index contributed by atoms with van der Waals surface area (Å²) < 4.78 is 0. The SMILES string of the molecule is CSCC[C@H](NC(=O)[C@@H](NC(=O)[C@H](C)NC(=O)[C@H](C)NC(=O)[C@@H]1CCCN1C(=O)[C@@H](N)CC(N)=O)[C@@H](C)O)C(=O)N[C@@H](C)C(=O)O. The lowest BCUT2D eigenvalue weighted by Gasteiger charge is -2.28. The van der Waals surface area contributed by atoms with E-state index in [-0.39, 0.29) is 19.4 Å². The molecule has 0 aliphatic carbocycles. The molecule has 1 fully saturated rings. The van der Waals surface area contributed by atoms with Gasteiger partial charge < -0.3 is 53.2 Å². The number of likely N-dealkylation sites (tertiary alicyclic amines) is 1. The number of rotatable bonds is 18. The normalized spacial score (nSPS) is 18.8. The summed E-state index contributed by atoms with van der Waals surface area (Å²) in [6.45, 7) is 5.37. The van der Waals surface area contributed by atoms with Gasteiger partial charge in [0, 0.05) is 6.54 Å². The van der Waals surface area contributed by atoms with Crippen molar-refractivity contribution < 1.29 is 48.6 Å². The van der Waals surface area contributed by atoms with E-state index in [2.05, 4.69) is 26.6 Å². The van der Waals surface area contributed by atoms with Gasteiger partial charge in [-0.15, -0.1) is 0 Å². The van der Waals surface area contributed by atoms with Crippen LogP contribution in [0.25, 0.3) is 0 Å². The van der Waals surface area contributed by atoms with Crippen molar-refractivity contribution in [2.75, 3.05) is 18.6 Å². The highest BCUT2D eigenvalue weighted by atomic mass is 32.2. The second kappa shape index (κ2) is 18.9. The molecule has 46 heavy (non-hydrogen) atoms. The van der Waals surface area contributed by atoms with Crippen LogP contribution in [0.2, 0.25) is 0 Å². The minimum absolute atomic E-state index is 0.134. The average Bonchev–Trinajstić information content (AvgIpc) is 3.46. The first-order chi connectivity index (χ1) is 21.4. The summed E-state index contributed by atoms with van der Waals surface area (Å²) in [6, 6.07) is -8.47. The summed E-state index contributed by atoms with van der Waals surface area (Å²) in [5, 5.41) is 31.2. The molecule has 0 unspecified atom stereocenters. The van der Waals surface area contributed by atoms with Gasteiger partial charge in [-0.05, 0) is 59.0 Å². The van der Waals surface area contributed by atoms with E-state index in [0.29, 0.717) is 18.6 Å². The van der Waals surface area contributed by atoms with Gasteiger partial charge >= 0.3 is 5.97 Å². The Balaban J connectivity index is 2.82. The molecule has 1 aliphatic heterocycles. The lowest BCUT2D eigenvalue weighted by molar-refractivity contribution is -0.142. The fourth-order valence-electron chi connectivity index (χ4n) is 4.42. The van der Waals surface area contributed by atoms with E-state index in [0.717, 1.165) is 0 Å². The summed E-state index contributed by atoms with van der Waals surface area (Å²) >= 11 is 1.38. The third-order valence-electron chi connectivity index (χ3n) is 7.12. The number of nitrogens with two attached hydrogens (primary N) is 2. The first-order valence-electron chi connectivity index (χ1n) is 14.7. The number of nitrogens with zero attached hydrogens (tertiary/aromatic N) is 1. The molecule has 11 N–H and O–H groups in total. The van der Waals surface area contributed by atoms with Crippen LogP contribution in [0.15, 0.2) is 0 Å². The van der Waals surface area contributed by atoms with E-state index >= 15 is 0 Å². The van der Waals surface area contributed by atoms with Crippen molar-refractivity contribution in [2.24, 2.45) is 11.5 Å². The minimum atomic E-state index is -1.54. The van der Waals surface area contributed by atoms with Gasteiger partial charge in [0.2, 0.25) is 41.4 Å². The summed E-state index contributed by atoms with van der Waals surface area (Å²) in [5.41, 5.74) is 10.8. The quantitative estimate of drug-likeness (QED) is 0.0670. The van der Waals surface area contributed by atoms with E-state index in [4.69, 9.17) is 16.6 Å². The van der Waals surface area contributed by atoms with Gasteiger partial charge in [-0.3, -0.25) is 38.4 Å². The molecule has 0 aromatic carbocycles. The second-order valence-corrected chi connectivity index (χ2v) is 12.1. The number of hydrogen-bond donors (Lipinski definition) is 9. The fraction of sp³-hybridized carbons (Fsp3) is 0.704. The highest BCUT2D eigenvalue weighted by Gasteiger charge is 2.38. The van der Waals surface area contributed by atoms with E-state index < -0.39 is 95.7 Å². The van der Waals surface area contributed by atoms with Gasteiger partial charge in [0.1, 0.15) is 36.3 Å². The van der Waals surface area contributed by atoms with Crippen LogP contribution in [0.4, 0.5) is 0 Å². The zero-order chi connectivity index (χ0) is 35.3. The van der Waals surface area contributed by atoms with Gasteiger partial charge in [-0.1, -0.05) is 0 Å². The molecule has 0 bridgehead atoms. The Morgan fingerprint density at radius 1 is 0.848 bits per heavy atom. The fourth-order valence-corrected chi connectivity index (χ4v) is 4.90. The number of nitrogens with one attached hydrogen (secondary N) is 5. The van der Waals surface area contributed by atoms with Gasteiger partial charge in [0.15, 0.2) is 0 Å². The molecular formula is C27H46N8O10S. The lowest BCUT2D eigenvalue weighted by Crippen LogP contribution is -2.60. The molecule has 1 rings (SSSR count). The third kappa shape index (κ3) is 12.4. The summed E-state index contributed by atoms with van der Waals surface area (Å²) in [7, 11) is 0. The highest BCUT2D eigenvalue weighted by molar-refractivity contribution is 7.98. The molecule has 0 radical (unpaired) electrons. The highest BCUT2D eigenvalue weighted by Crippen LogP contribution is 2.19. The van der Waals surface area contributed by atoms with E-state index in [1.807, 2.05) is 0 Å². The Hall–Kier alpha value is -3.97. The van der Waals surface area contributed by atoms with Crippen LogP contribution in [0.1, 0.15) is 53.4 Å². The predicted molar refractivity (Wildman–Crippen MR) is 166 cm³/mol. The van der Waals surface area contributed by atoms with Crippen LogP contribution in [-0.2, 0) is 38.4 Å². The molecule has 18 nitrogen and oxygen atoms in total. The Morgan fingerprint density at radius 3 is 1.96 bits per heavy atom. The number of carboxylic acid groups (broad SMARTS) is 1. The van der Waals surface area contributed by atoms with Crippen molar-refractivity contribution in [1.82, 2.24) is 31.5 Å². The maximum Gasteiger partial charge on any atom is 0.325 e. The Kier molecular flexibility index (Phi) is 16.4. The summed E-state index contributed by atoms with van der Waals surface area (Å²) in [4.78, 5) is 100. The first-order valence-corrected chi connectivity index (χ1v) is 16.1. The number of primary amides is 1. The topological polar surface area (TPSA) is 292 Å². The summed E-state index contributed by atoms with van der Waals surface area (Å²) in [5.74, 6) is -6.19. The molecule has 19 heteroatoms. The van der Waals surface area contributed by atoms with Crippen molar-refractivity contribution in [3.63, 3.8) is 0 Å². The number of hydrogen-bond acceptors (Lipinski definition) is 11. The zero-order valence-electron chi connectivity index (χ0n) is 26.5. The molecule has 0 aromatic heterocycles. The molecule has 7 amide bonds. The van der Waals surface area contributed by atoms with Crippen LogP contribution in [0, 0.1) is 0 Å². The van der Waals surface area contributed by atoms with Crippen molar-refractivity contribution in [2.45, 2.75) is 102 Å². The maximum absolute atomic E-state index is 13.0. The molecule has 8 atom stereocenters. The molecule has 1 saturated heterocycles. The largest absolute Gasteiger partial charge is 0.480 e. The Labute approximate surface area is 270 Å². The molecular weight excluding hydrogens is 628 g/mol. The standard InChI is InChI=1S/C27H46N8O10S/c1-12(31-24(41)18-7-6-9-35(18)26(43)16(28)11-19(29)37)21(38)30-13(2)22(39)34-20(15(4)36)25(42)33-17(8-10-46-5)23(40)32-14(3)27(44)45/h12-18,20,36H,6-11,28H2,1-5H3,(H2,29,37)(H,30,38)(H,31,41)(H,32,40)(H,33,42)(H,34,39)(H,44,45)/t12-,13-,14-,15+,16-,17-,18-,20-/m0/s1. The molecule has 1 heterocycles. The van der Waals surface area contributed by atoms with Crippen LogP contribution in [0.3, 0.4) is 0 Å². The van der Waals surface area contributed by atoms with E-state index in [9.17, 15) is 43.5 Å². The maximum atomic E-state index is 13.0. The van der Waals surface area contributed by atoms with Crippen LogP contribution >= 0.6 is 11.8 Å². The predicted octanol–water partition coefficient (Wildman–Crippen LogP) is -4.12. The number of aliphatic carboxylic acids is 1. The van der Waals surface area contributed by atoms with Crippen LogP contribution < -0.4 is 38.1 Å². The molecule has 260 valence electrons. The van der Waals surface area contributed by atoms with Crippen LogP contribution in [-0.4, -0.2) is 129 Å². The van der Waals surface area contributed by atoms with E-state index in [1.165, 1.54) is 44.4 Å². The van der Waals surface area contributed by atoms with Gasteiger partial charge in [0.25, 0.3) is 0 Å². The average molecular weight is 675 g/mol. The first kappa shape index (κ1) is 40.1. The summed E-state index contributed by atoms with van der Waals surface area (Å²) in [6.07, 6.45) is 0.879. The van der Waals surface area contributed by atoms with Gasteiger partial charge in [-0.25, -0.2) is 0 Å². The third-order valence-corrected chi connectivity index (χ3v) is 7.76. The van der Waals surface area contributed by atoms with Gasteiger partial charge in [-0.2, -0.15) is 11.8 Å². The Morgan fingerprint density at radius 2 is 1.41 bits per heavy atom. The molecule has 0 spiro atoms. The smallest absolute Gasteiger partial charge is 0.325 e. The van der Waals surface area contributed by atoms with Gasteiger partial charge in [0.05, 0.1) is 18.6 Å². The molecule has 1 aliphatic rings. The number of carbonyl (C=O) groups is 8. The number of carboxylic acids is 1. The second-order valence-electron chi connectivity index (χ2n) is 11.1. The monoisotopic (exact) mass is 674 g/mol. The van der Waals surface area contributed by atoms with Crippen molar-refractivity contribution in [3.8, 4) is 0 Å². The van der Waals surface area contributed by atoms with Crippen LogP contribution in [0.5, 0.6) is 0 Å². The van der Waals surface area contributed by atoms with Crippen molar-refractivity contribution >= 4 is 59.1 Å².